The third-order valence-corrected chi connectivity index (χ3v) is 5.28. The van der Waals surface area contributed by atoms with Crippen molar-refractivity contribution in [3.05, 3.63) is 21.9 Å². The smallest absolute Gasteiger partial charge is 0.0875 e. The Morgan fingerprint density at radius 2 is 2.33 bits per heavy atom. The molecule has 1 aliphatic rings. The van der Waals surface area contributed by atoms with Crippen molar-refractivity contribution in [1.29, 1.82) is 0 Å². The molecule has 3 heteroatoms. The molecule has 18 heavy (non-hydrogen) atoms. The minimum absolute atomic E-state index is 0.0295. The Morgan fingerprint density at radius 1 is 1.56 bits per heavy atom. The molecule has 1 aliphatic carbocycles. The Hall–Kier alpha value is -0.380. The van der Waals surface area contributed by atoms with Gasteiger partial charge in [0.15, 0.2) is 0 Å². The molecule has 0 amide bonds. The second-order valence-corrected chi connectivity index (χ2v) is 6.74. The summed E-state index contributed by atoms with van der Waals surface area (Å²) in [4.78, 5) is 1.41. The van der Waals surface area contributed by atoms with Crippen molar-refractivity contribution in [2.45, 2.75) is 51.2 Å². The standard InChI is InChI=1S/C15H25NOS/c1-11-6-5-8-15(10-11,17-4)14(16-3)13-7-9-18-12(13)2/h7,9,11,14,16H,5-6,8,10H2,1-4H3. The molecule has 2 rings (SSSR count). The van der Waals surface area contributed by atoms with Crippen molar-refractivity contribution in [2.24, 2.45) is 5.92 Å². The number of likely N-dealkylation sites (N-methyl/N-ethyl adjacent to an activating group) is 1. The van der Waals surface area contributed by atoms with Crippen molar-refractivity contribution in [3.63, 3.8) is 0 Å². The molecule has 1 aromatic heterocycles. The van der Waals surface area contributed by atoms with Gasteiger partial charge in [-0.1, -0.05) is 19.8 Å². The van der Waals surface area contributed by atoms with Gasteiger partial charge >= 0.3 is 0 Å². The minimum atomic E-state index is -0.0295. The summed E-state index contributed by atoms with van der Waals surface area (Å²) in [7, 11) is 3.94. The summed E-state index contributed by atoms with van der Waals surface area (Å²) in [6.45, 7) is 4.56. The molecule has 3 atom stereocenters. The zero-order valence-electron chi connectivity index (χ0n) is 12.0. The summed E-state index contributed by atoms with van der Waals surface area (Å²) >= 11 is 1.83. The Labute approximate surface area is 115 Å². The Balaban J connectivity index is 2.32. The molecule has 3 unspecified atom stereocenters. The van der Waals surface area contributed by atoms with Crippen LogP contribution in [0.25, 0.3) is 0 Å². The molecule has 1 fully saturated rings. The molecule has 1 heterocycles. The van der Waals surface area contributed by atoms with Gasteiger partial charge in [-0.2, -0.15) is 0 Å². The number of nitrogens with one attached hydrogen (secondary N) is 1. The van der Waals surface area contributed by atoms with Gasteiger partial charge in [0.1, 0.15) is 0 Å². The largest absolute Gasteiger partial charge is 0.376 e. The van der Waals surface area contributed by atoms with Crippen molar-refractivity contribution >= 4 is 11.3 Å². The maximum atomic E-state index is 6.02. The number of hydrogen-bond donors (Lipinski definition) is 1. The predicted octanol–water partition coefficient (Wildman–Crippen LogP) is 3.91. The predicted molar refractivity (Wildman–Crippen MR) is 78.2 cm³/mol. The average Bonchev–Trinajstić information content (AvgIpc) is 2.77. The third kappa shape index (κ3) is 2.49. The molecule has 1 aromatic rings. The van der Waals surface area contributed by atoms with Crippen LogP contribution in [0.1, 0.15) is 49.1 Å². The fourth-order valence-corrected chi connectivity index (χ4v) is 4.25. The Kier molecular flexibility index (Phi) is 4.46. The molecule has 0 aromatic carbocycles. The van der Waals surface area contributed by atoms with E-state index in [0.29, 0.717) is 6.04 Å². The first-order chi connectivity index (χ1) is 8.63. The van der Waals surface area contributed by atoms with Crippen LogP contribution < -0.4 is 5.32 Å². The lowest BCUT2D eigenvalue weighted by molar-refractivity contribution is -0.0790. The van der Waals surface area contributed by atoms with Gasteiger partial charge in [-0.05, 0) is 49.7 Å². The molecule has 1 saturated carbocycles. The van der Waals surface area contributed by atoms with E-state index in [1.807, 2.05) is 18.4 Å². The van der Waals surface area contributed by atoms with Crippen molar-refractivity contribution < 1.29 is 4.74 Å². The van der Waals surface area contributed by atoms with E-state index in [9.17, 15) is 0 Å². The highest BCUT2D eigenvalue weighted by atomic mass is 32.1. The Morgan fingerprint density at radius 3 is 2.83 bits per heavy atom. The van der Waals surface area contributed by atoms with Gasteiger partial charge < -0.3 is 10.1 Å². The summed E-state index contributed by atoms with van der Waals surface area (Å²) in [5, 5.41) is 5.69. The number of ether oxygens (including phenoxy) is 1. The maximum absolute atomic E-state index is 6.02. The van der Waals surface area contributed by atoms with Crippen LogP contribution in [0.5, 0.6) is 0 Å². The van der Waals surface area contributed by atoms with Crippen LogP contribution in [-0.2, 0) is 4.74 Å². The zero-order valence-corrected chi connectivity index (χ0v) is 12.8. The fraction of sp³-hybridized carbons (Fsp3) is 0.733. The summed E-state index contributed by atoms with van der Waals surface area (Å²) < 4.78 is 6.02. The topological polar surface area (TPSA) is 21.3 Å². The molecule has 0 bridgehead atoms. The molecule has 2 nitrogen and oxygen atoms in total. The first-order valence-corrected chi connectivity index (χ1v) is 7.77. The van der Waals surface area contributed by atoms with Crippen LogP contribution in [0.3, 0.4) is 0 Å². The van der Waals surface area contributed by atoms with E-state index in [0.717, 1.165) is 18.8 Å². The molecule has 0 aliphatic heterocycles. The van der Waals surface area contributed by atoms with E-state index in [1.54, 1.807) is 0 Å². The lowest BCUT2D eigenvalue weighted by atomic mass is 9.73. The SMILES string of the molecule is CNC(c1ccsc1C)C1(OC)CCCC(C)C1. The van der Waals surface area contributed by atoms with E-state index >= 15 is 0 Å². The number of rotatable bonds is 4. The lowest BCUT2D eigenvalue weighted by Gasteiger charge is -2.44. The van der Waals surface area contributed by atoms with Gasteiger partial charge in [0.25, 0.3) is 0 Å². The van der Waals surface area contributed by atoms with E-state index in [4.69, 9.17) is 4.74 Å². The molecular formula is C15H25NOS. The van der Waals surface area contributed by atoms with Gasteiger partial charge in [-0.3, -0.25) is 0 Å². The Bertz CT molecular complexity index is 390. The molecule has 0 radical (unpaired) electrons. The molecule has 0 spiro atoms. The molecule has 1 N–H and O–H groups in total. The highest BCUT2D eigenvalue weighted by molar-refractivity contribution is 7.10. The van der Waals surface area contributed by atoms with Crippen LogP contribution in [0.2, 0.25) is 0 Å². The second kappa shape index (κ2) is 5.72. The van der Waals surface area contributed by atoms with Crippen molar-refractivity contribution in [2.75, 3.05) is 14.2 Å². The van der Waals surface area contributed by atoms with Crippen LogP contribution in [0.15, 0.2) is 11.4 Å². The van der Waals surface area contributed by atoms with E-state index < -0.39 is 0 Å². The second-order valence-electron chi connectivity index (χ2n) is 5.62. The van der Waals surface area contributed by atoms with Crippen molar-refractivity contribution in [3.8, 4) is 0 Å². The number of hydrogen-bond acceptors (Lipinski definition) is 3. The summed E-state index contributed by atoms with van der Waals surface area (Å²) in [5.74, 6) is 0.758. The first kappa shape index (κ1) is 14.0. The number of methoxy groups -OCH3 is 1. The van der Waals surface area contributed by atoms with E-state index in [1.165, 1.54) is 23.3 Å². The van der Waals surface area contributed by atoms with Crippen LogP contribution >= 0.6 is 11.3 Å². The molecule has 102 valence electrons. The minimum Gasteiger partial charge on any atom is -0.376 e. The number of thiophene rings is 1. The fourth-order valence-electron chi connectivity index (χ4n) is 3.51. The van der Waals surface area contributed by atoms with Crippen molar-refractivity contribution in [1.82, 2.24) is 5.32 Å². The van der Waals surface area contributed by atoms with Gasteiger partial charge in [0.05, 0.1) is 11.6 Å². The quantitative estimate of drug-likeness (QED) is 0.893. The monoisotopic (exact) mass is 267 g/mol. The van der Waals surface area contributed by atoms with Crippen LogP contribution in [0.4, 0.5) is 0 Å². The zero-order chi connectivity index (χ0) is 13.2. The summed E-state index contributed by atoms with van der Waals surface area (Å²) in [6.07, 6.45) is 4.93. The molecule has 0 saturated heterocycles. The number of aryl methyl sites for hydroxylation is 1. The summed E-state index contributed by atoms with van der Waals surface area (Å²) in [6, 6.07) is 2.57. The van der Waals surface area contributed by atoms with Gasteiger partial charge in [0.2, 0.25) is 0 Å². The maximum Gasteiger partial charge on any atom is 0.0875 e. The summed E-state index contributed by atoms with van der Waals surface area (Å²) in [5.41, 5.74) is 1.39. The van der Waals surface area contributed by atoms with Crippen LogP contribution in [0, 0.1) is 12.8 Å². The normalized spacial score (nSPS) is 30.3. The third-order valence-electron chi connectivity index (χ3n) is 4.42. The van der Waals surface area contributed by atoms with Gasteiger partial charge in [0, 0.05) is 12.0 Å². The lowest BCUT2D eigenvalue weighted by Crippen LogP contribution is -2.47. The molecular weight excluding hydrogens is 242 g/mol. The highest BCUT2D eigenvalue weighted by Gasteiger charge is 2.42. The average molecular weight is 267 g/mol. The van der Waals surface area contributed by atoms with E-state index in [2.05, 4.69) is 37.7 Å². The first-order valence-electron chi connectivity index (χ1n) is 6.89. The van der Waals surface area contributed by atoms with Crippen LogP contribution in [-0.4, -0.2) is 19.8 Å². The van der Waals surface area contributed by atoms with E-state index in [-0.39, 0.29) is 5.60 Å². The van der Waals surface area contributed by atoms with Gasteiger partial charge in [-0.25, -0.2) is 0 Å². The highest BCUT2D eigenvalue weighted by Crippen LogP contribution is 2.44. The van der Waals surface area contributed by atoms with Gasteiger partial charge in [-0.15, -0.1) is 11.3 Å².